The van der Waals surface area contributed by atoms with Crippen molar-refractivity contribution < 1.29 is 18.8 Å². The van der Waals surface area contributed by atoms with Gasteiger partial charge in [-0.05, 0) is 23.6 Å². The minimum Gasteiger partial charge on any atom is -0.493 e. The standard InChI is InChI=1S/C20H22N4O4S/c1-26-15-6-3-5-14(18(15)27-2)20(25)24-10-8-23(9-11-24)13-17-21-19(22-28-17)16-7-4-12-29-16/h3-7,12H,8-11,13H2,1-2H3. The van der Waals surface area contributed by atoms with Crippen molar-refractivity contribution in [2.75, 3.05) is 40.4 Å². The first kappa shape index (κ1) is 19.4. The molecule has 0 bridgehead atoms. The van der Waals surface area contributed by atoms with Gasteiger partial charge in [0.2, 0.25) is 11.7 Å². The highest BCUT2D eigenvalue weighted by Crippen LogP contribution is 2.31. The van der Waals surface area contributed by atoms with Crippen LogP contribution in [0.4, 0.5) is 0 Å². The average molecular weight is 414 g/mol. The van der Waals surface area contributed by atoms with E-state index in [1.807, 2.05) is 22.4 Å². The van der Waals surface area contributed by atoms with Crippen molar-refractivity contribution in [3.63, 3.8) is 0 Å². The van der Waals surface area contributed by atoms with Crippen molar-refractivity contribution in [2.24, 2.45) is 0 Å². The van der Waals surface area contributed by atoms with E-state index in [2.05, 4.69) is 15.0 Å². The molecule has 0 unspecified atom stereocenters. The third-order valence-electron chi connectivity index (χ3n) is 4.86. The number of amides is 1. The topological polar surface area (TPSA) is 80.9 Å². The number of carbonyl (C=O) groups is 1. The Morgan fingerprint density at radius 3 is 2.66 bits per heavy atom. The van der Waals surface area contributed by atoms with Crippen LogP contribution in [0.5, 0.6) is 11.5 Å². The average Bonchev–Trinajstić information content (AvgIpc) is 3.45. The van der Waals surface area contributed by atoms with Gasteiger partial charge in [0.15, 0.2) is 11.5 Å². The van der Waals surface area contributed by atoms with Gasteiger partial charge in [-0.25, -0.2) is 0 Å². The maximum atomic E-state index is 13.0. The summed E-state index contributed by atoms with van der Waals surface area (Å²) in [7, 11) is 3.10. The van der Waals surface area contributed by atoms with E-state index in [1.165, 1.54) is 0 Å². The number of ether oxygens (including phenoxy) is 2. The van der Waals surface area contributed by atoms with E-state index in [0.29, 0.717) is 48.4 Å². The number of benzene rings is 1. The maximum Gasteiger partial charge on any atom is 0.257 e. The van der Waals surface area contributed by atoms with Crippen LogP contribution in [0.2, 0.25) is 0 Å². The molecule has 2 aromatic heterocycles. The minimum atomic E-state index is -0.0572. The lowest BCUT2D eigenvalue weighted by Gasteiger charge is -2.34. The molecule has 1 saturated heterocycles. The van der Waals surface area contributed by atoms with Crippen molar-refractivity contribution in [3.8, 4) is 22.2 Å². The third kappa shape index (κ3) is 4.10. The number of para-hydroxylation sites is 1. The highest BCUT2D eigenvalue weighted by Gasteiger charge is 2.26. The molecule has 152 valence electrons. The van der Waals surface area contributed by atoms with Crippen molar-refractivity contribution in [1.82, 2.24) is 19.9 Å². The Hall–Kier alpha value is -2.91. The van der Waals surface area contributed by atoms with Gasteiger partial charge >= 0.3 is 0 Å². The second-order valence-corrected chi connectivity index (χ2v) is 7.55. The van der Waals surface area contributed by atoms with E-state index in [-0.39, 0.29) is 5.91 Å². The molecule has 0 saturated carbocycles. The first-order valence-corrected chi connectivity index (χ1v) is 10.2. The summed E-state index contributed by atoms with van der Waals surface area (Å²) in [6.45, 7) is 3.27. The highest BCUT2D eigenvalue weighted by molar-refractivity contribution is 7.13. The van der Waals surface area contributed by atoms with Crippen LogP contribution in [-0.4, -0.2) is 66.2 Å². The molecule has 0 N–H and O–H groups in total. The zero-order valence-corrected chi connectivity index (χ0v) is 17.1. The maximum absolute atomic E-state index is 13.0. The quantitative estimate of drug-likeness (QED) is 0.613. The van der Waals surface area contributed by atoms with Crippen molar-refractivity contribution in [1.29, 1.82) is 0 Å². The van der Waals surface area contributed by atoms with E-state index < -0.39 is 0 Å². The number of hydrogen-bond acceptors (Lipinski definition) is 8. The molecular weight excluding hydrogens is 392 g/mol. The zero-order chi connectivity index (χ0) is 20.2. The SMILES string of the molecule is COc1cccc(C(=O)N2CCN(Cc3nc(-c4cccs4)no3)CC2)c1OC. The van der Waals surface area contributed by atoms with E-state index >= 15 is 0 Å². The molecular formula is C20H22N4O4S. The molecule has 1 aromatic carbocycles. The molecule has 1 amide bonds. The summed E-state index contributed by atoms with van der Waals surface area (Å²) < 4.78 is 16.1. The number of nitrogens with zero attached hydrogens (tertiary/aromatic N) is 4. The lowest BCUT2D eigenvalue weighted by atomic mass is 10.1. The number of hydrogen-bond donors (Lipinski definition) is 0. The van der Waals surface area contributed by atoms with E-state index in [4.69, 9.17) is 14.0 Å². The molecule has 29 heavy (non-hydrogen) atoms. The molecule has 4 rings (SSSR count). The summed E-state index contributed by atoms with van der Waals surface area (Å²) in [5.74, 6) is 2.17. The molecule has 0 aliphatic carbocycles. The monoisotopic (exact) mass is 414 g/mol. The van der Waals surface area contributed by atoms with Crippen LogP contribution in [0.3, 0.4) is 0 Å². The highest BCUT2D eigenvalue weighted by atomic mass is 32.1. The van der Waals surface area contributed by atoms with Crippen molar-refractivity contribution in [3.05, 3.63) is 47.2 Å². The summed E-state index contributed by atoms with van der Waals surface area (Å²) in [4.78, 5) is 22.5. The third-order valence-corrected chi connectivity index (χ3v) is 5.73. The molecule has 3 heterocycles. The van der Waals surface area contributed by atoms with Gasteiger partial charge in [0, 0.05) is 26.2 Å². The van der Waals surface area contributed by atoms with Crippen LogP contribution in [0, 0.1) is 0 Å². The number of methoxy groups -OCH3 is 2. The number of thiophene rings is 1. The molecule has 9 heteroatoms. The zero-order valence-electron chi connectivity index (χ0n) is 16.3. The fourth-order valence-corrected chi connectivity index (χ4v) is 4.00. The molecule has 1 fully saturated rings. The number of carbonyl (C=O) groups excluding carboxylic acids is 1. The lowest BCUT2D eigenvalue weighted by Crippen LogP contribution is -2.48. The first-order chi connectivity index (χ1) is 14.2. The van der Waals surface area contributed by atoms with E-state index in [1.54, 1.807) is 43.8 Å². The molecule has 1 aliphatic heterocycles. The van der Waals surface area contributed by atoms with Gasteiger partial charge in [0.1, 0.15) is 0 Å². The number of rotatable bonds is 6. The van der Waals surface area contributed by atoms with E-state index in [9.17, 15) is 4.79 Å². The van der Waals surface area contributed by atoms with Gasteiger partial charge in [-0.15, -0.1) is 11.3 Å². The predicted molar refractivity (Wildman–Crippen MR) is 108 cm³/mol. The van der Waals surface area contributed by atoms with Gasteiger partial charge in [0.05, 0.1) is 31.2 Å². The number of aromatic nitrogens is 2. The minimum absolute atomic E-state index is 0.0572. The summed E-state index contributed by atoms with van der Waals surface area (Å²) in [6, 6.07) is 9.27. The van der Waals surface area contributed by atoms with Crippen LogP contribution in [0.15, 0.2) is 40.2 Å². The van der Waals surface area contributed by atoms with Crippen LogP contribution in [-0.2, 0) is 6.54 Å². The fourth-order valence-electron chi connectivity index (χ4n) is 3.35. The Morgan fingerprint density at radius 1 is 1.14 bits per heavy atom. The molecule has 1 aliphatic rings. The van der Waals surface area contributed by atoms with Gasteiger partial charge < -0.3 is 18.9 Å². The van der Waals surface area contributed by atoms with Gasteiger partial charge in [-0.3, -0.25) is 9.69 Å². The smallest absolute Gasteiger partial charge is 0.257 e. The van der Waals surface area contributed by atoms with Crippen LogP contribution in [0.25, 0.3) is 10.7 Å². The molecule has 3 aromatic rings. The number of piperazine rings is 1. The molecule has 0 atom stereocenters. The molecule has 0 spiro atoms. The lowest BCUT2D eigenvalue weighted by molar-refractivity contribution is 0.0611. The summed E-state index contributed by atoms with van der Waals surface area (Å²) in [6.07, 6.45) is 0. The molecule has 8 nitrogen and oxygen atoms in total. The van der Waals surface area contributed by atoms with E-state index in [0.717, 1.165) is 18.0 Å². The van der Waals surface area contributed by atoms with Gasteiger partial charge in [-0.2, -0.15) is 4.98 Å². The summed E-state index contributed by atoms with van der Waals surface area (Å²) in [5.41, 5.74) is 0.512. The first-order valence-electron chi connectivity index (χ1n) is 9.28. The van der Waals surface area contributed by atoms with Gasteiger partial charge in [-0.1, -0.05) is 17.3 Å². The normalized spacial score (nSPS) is 14.8. The predicted octanol–water partition coefficient (Wildman–Crippen LogP) is 2.77. The second-order valence-electron chi connectivity index (χ2n) is 6.60. The Balaban J connectivity index is 1.37. The van der Waals surface area contributed by atoms with Crippen LogP contribution >= 0.6 is 11.3 Å². The van der Waals surface area contributed by atoms with Gasteiger partial charge in [0.25, 0.3) is 5.91 Å². The van der Waals surface area contributed by atoms with Crippen LogP contribution < -0.4 is 9.47 Å². The Labute approximate surface area is 172 Å². The Morgan fingerprint density at radius 2 is 1.97 bits per heavy atom. The van der Waals surface area contributed by atoms with Crippen LogP contribution in [0.1, 0.15) is 16.2 Å². The largest absolute Gasteiger partial charge is 0.493 e. The van der Waals surface area contributed by atoms with Crippen molar-refractivity contribution in [2.45, 2.75) is 6.54 Å². The van der Waals surface area contributed by atoms with Crippen molar-refractivity contribution >= 4 is 17.2 Å². The Kier molecular flexibility index (Phi) is 5.77. The second kappa shape index (κ2) is 8.62. The summed E-state index contributed by atoms with van der Waals surface area (Å²) >= 11 is 1.58. The summed E-state index contributed by atoms with van der Waals surface area (Å²) in [5, 5.41) is 6.03. The Bertz CT molecular complexity index is 965. The fraction of sp³-hybridized carbons (Fsp3) is 0.350. The molecule has 0 radical (unpaired) electrons.